The number of hydrogen-bond acceptors (Lipinski definition) is 4. The van der Waals surface area contributed by atoms with Crippen molar-refractivity contribution in [3.05, 3.63) is 59.5 Å². The van der Waals surface area contributed by atoms with Gasteiger partial charge in [-0.1, -0.05) is 12.1 Å². The number of ether oxygens (including phenoxy) is 1. The van der Waals surface area contributed by atoms with Gasteiger partial charge in [0.25, 0.3) is 5.91 Å². The van der Waals surface area contributed by atoms with Crippen LogP contribution < -0.4 is 5.32 Å². The smallest absolute Gasteiger partial charge is 0.267 e. The normalized spacial score (nSPS) is 17.9. The topological polar surface area (TPSA) is 104 Å². The molecule has 2 aromatic heterocycles. The maximum Gasteiger partial charge on any atom is 0.267 e. The fraction of sp³-hybridized carbons (Fsp3) is 0.263. The summed E-state index contributed by atoms with van der Waals surface area (Å²) in [6, 6.07) is 8.88. The highest BCUT2D eigenvalue weighted by molar-refractivity contribution is 7.79. The molecule has 2 atom stereocenters. The number of nitrogens with one attached hydrogen (secondary N) is 2. The van der Waals surface area contributed by atoms with E-state index in [1.807, 2.05) is 12.1 Å². The van der Waals surface area contributed by atoms with Crippen LogP contribution in [0.4, 0.5) is 0 Å². The van der Waals surface area contributed by atoms with Gasteiger partial charge in [-0.25, -0.2) is 4.21 Å². The molecule has 7 nitrogen and oxygen atoms in total. The number of rotatable bonds is 5. The van der Waals surface area contributed by atoms with Crippen molar-refractivity contribution in [1.82, 2.24) is 15.3 Å². The third-order valence-electron chi connectivity index (χ3n) is 4.75. The van der Waals surface area contributed by atoms with Crippen LogP contribution in [0, 0.1) is 0 Å². The van der Waals surface area contributed by atoms with Crippen molar-refractivity contribution in [2.24, 2.45) is 0 Å². The lowest BCUT2D eigenvalue weighted by Crippen LogP contribution is -2.23. The molecule has 3 aromatic rings. The zero-order chi connectivity index (χ0) is 18.8. The Balaban J connectivity index is 1.51. The van der Waals surface area contributed by atoms with Crippen LogP contribution in [0.25, 0.3) is 10.9 Å². The van der Waals surface area contributed by atoms with E-state index in [-0.39, 0.29) is 11.8 Å². The van der Waals surface area contributed by atoms with Crippen molar-refractivity contribution < 1.29 is 18.3 Å². The molecule has 0 aliphatic carbocycles. The molecule has 4 rings (SSSR count). The number of hydrogen-bond donors (Lipinski definition) is 3. The van der Waals surface area contributed by atoms with Gasteiger partial charge in [0.1, 0.15) is 5.69 Å². The summed E-state index contributed by atoms with van der Waals surface area (Å²) in [6.45, 7) is 1.52. The average Bonchev–Trinajstić information content (AvgIpc) is 3.35. The summed E-state index contributed by atoms with van der Waals surface area (Å²) in [5.74, 6) is -0.111. The summed E-state index contributed by atoms with van der Waals surface area (Å²) in [5.41, 5.74) is 3.01. The number of pyridine rings is 1. The molecular weight excluding hydrogens is 366 g/mol. The molecule has 1 fully saturated rings. The molecule has 1 amide bonds. The lowest BCUT2D eigenvalue weighted by atomic mass is 9.96. The second-order valence-electron chi connectivity index (χ2n) is 6.51. The van der Waals surface area contributed by atoms with E-state index in [0.29, 0.717) is 30.3 Å². The predicted molar refractivity (Wildman–Crippen MR) is 101 cm³/mol. The van der Waals surface area contributed by atoms with Crippen LogP contribution in [0.15, 0.2) is 47.6 Å². The van der Waals surface area contributed by atoms with Crippen molar-refractivity contribution in [3.63, 3.8) is 0 Å². The summed E-state index contributed by atoms with van der Waals surface area (Å²) < 4.78 is 26.6. The van der Waals surface area contributed by atoms with Gasteiger partial charge in [-0.2, -0.15) is 0 Å². The Morgan fingerprint density at radius 3 is 3.00 bits per heavy atom. The van der Waals surface area contributed by atoms with Gasteiger partial charge in [-0.15, -0.1) is 0 Å². The number of H-pyrrole nitrogens is 1. The molecule has 140 valence electrons. The van der Waals surface area contributed by atoms with Crippen molar-refractivity contribution in [1.29, 1.82) is 0 Å². The van der Waals surface area contributed by atoms with Crippen molar-refractivity contribution in [3.8, 4) is 0 Å². The summed E-state index contributed by atoms with van der Waals surface area (Å²) in [5, 5.41) is 3.76. The fourth-order valence-corrected chi connectivity index (χ4v) is 3.95. The Hall–Kier alpha value is -2.55. The number of benzene rings is 1. The van der Waals surface area contributed by atoms with E-state index in [1.165, 1.54) is 0 Å². The zero-order valence-electron chi connectivity index (χ0n) is 14.5. The SMILES string of the molecule is O=C(NCc1ccc(S(=O)O)c(C2CCOC2)c1)c1cc2cnccc2[nH]1. The van der Waals surface area contributed by atoms with Crippen LogP contribution in [0.5, 0.6) is 0 Å². The maximum atomic E-state index is 12.4. The van der Waals surface area contributed by atoms with Crippen LogP contribution in [-0.2, 0) is 22.4 Å². The minimum Gasteiger partial charge on any atom is -0.381 e. The molecule has 27 heavy (non-hydrogen) atoms. The number of carbonyl (C=O) groups is 1. The highest BCUT2D eigenvalue weighted by Gasteiger charge is 2.23. The van der Waals surface area contributed by atoms with Crippen molar-refractivity contribution >= 4 is 27.9 Å². The van der Waals surface area contributed by atoms with Gasteiger partial charge in [0.15, 0.2) is 11.1 Å². The molecule has 8 heteroatoms. The van der Waals surface area contributed by atoms with Gasteiger partial charge < -0.3 is 19.6 Å². The molecule has 3 N–H and O–H groups in total. The first kappa shape index (κ1) is 17.8. The first-order chi connectivity index (χ1) is 13.1. The van der Waals surface area contributed by atoms with Crippen LogP contribution in [-0.4, -0.2) is 37.9 Å². The van der Waals surface area contributed by atoms with Gasteiger partial charge >= 0.3 is 0 Å². The zero-order valence-corrected chi connectivity index (χ0v) is 15.3. The van der Waals surface area contributed by atoms with E-state index >= 15 is 0 Å². The van der Waals surface area contributed by atoms with Gasteiger partial charge in [-0.05, 0) is 35.7 Å². The highest BCUT2D eigenvalue weighted by Crippen LogP contribution is 2.30. The molecule has 0 bridgehead atoms. The van der Waals surface area contributed by atoms with E-state index in [4.69, 9.17) is 4.74 Å². The van der Waals surface area contributed by atoms with E-state index in [0.717, 1.165) is 28.5 Å². The second kappa shape index (κ2) is 7.59. The van der Waals surface area contributed by atoms with E-state index < -0.39 is 11.1 Å². The maximum absolute atomic E-state index is 12.4. The van der Waals surface area contributed by atoms with Crippen LogP contribution in [0.1, 0.15) is 34.0 Å². The first-order valence-corrected chi connectivity index (χ1v) is 9.75. The molecule has 0 spiro atoms. The monoisotopic (exact) mass is 385 g/mol. The quantitative estimate of drug-likeness (QED) is 0.586. The molecule has 1 saturated heterocycles. The van der Waals surface area contributed by atoms with E-state index in [2.05, 4.69) is 15.3 Å². The number of fused-ring (bicyclic) bond motifs is 1. The summed E-state index contributed by atoms with van der Waals surface area (Å²) in [4.78, 5) is 20.0. The molecule has 2 unspecified atom stereocenters. The van der Waals surface area contributed by atoms with Crippen LogP contribution >= 0.6 is 0 Å². The molecule has 3 heterocycles. The van der Waals surface area contributed by atoms with Gasteiger partial charge in [0.2, 0.25) is 0 Å². The summed E-state index contributed by atoms with van der Waals surface area (Å²) in [7, 11) is 0. The molecular formula is C19H19N3O4S. The Kier molecular flexibility index (Phi) is 5.02. The third-order valence-corrected chi connectivity index (χ3v) is 5.50. The standard InChI is InChI=1S/C19H19N3O4S/c23-19(17-8-14-10-20-5-3-16(14)22-17)21-9-12-1-2-18(27(24)25)15(7-12)13-4-6-26-11-13/h1-3,5,7-8,10,13,22H,4,6,9,11H2,(H,21,23)(H,24,25). The summed E-state index contributed by atoms with van der Waals surface area (Å²) >= 11 is -2.05. The minimum atomic E-state index is -2.05. The van der Waals surface area contributed by atoms with Crippen molar-refractivity contribution in [2.45, 2.75) is 23.8 Å². The van der Waals surface area contributed by atoms with E-state index in [9.17, 15) is 13.6 Å². The molecule has 1 aliphatic heterocycles. The lowest BCUT2D eigenvalue weighted by Gasteiger charge is -2.14. The number of carbonyl (C=O) groups excluding carboxylic acids is 1. The minimum absolute atomic E-state index is 0.105. The van der Waals surface area contributed by atoms with Gasteiger partial charge in [0, 0.05) is 42.4 Å². The molecule has 1 aromatic carbocycles. The second-order valence-corrected chi connectivity index (χ2v) is 7.45. The van der Waals surface area contributed by atoms with Gasteiger partial charge in [0.05, 0.1) is 11.5 Å². The Labute approximate surface area is 158 Å². The Bertz CT molecular complexity index is 978. The van der Waals surface area contributed by atoms with E-state index in [1.54, 1.807) is 30.6 Å². The van der Waals surface area contributed by atoms with Crippen LogP contribution in [0.3, 0.4) is 0 Å². The summed E-state index contributed by atoms with van der Waals surface area (Å²) in [6.07, 6.45) is 4.19. The number of aromatic nitrogens is 2. The first-order valence-electron chi connectivity index (χ1n) is 8.64. The predicted octanol–water partition coefficient (Wildman–Crippen LogP) is 2.58. The Morgan fingerprint density at radius 1 is 1.37 bits per heavy atom. The Morgan fingerprint density at radius 2 is 2.26 bits per heavy atom. The lowest BCUT2D eigenvalue weighted by molar-refractivity contribution is 0.0946. The van der Waals surface area contributed by atoms with Gasteiger partial charge in [-0.3, -0.25) is 9.78 Å². The third kappa shape index (κ3) is 3.78. The van der Waals surface area contributed by atoms with Crippen LogP contribution in [0.2, 0.25) is 0 Å². The molecule has 0 radical (unpaired) electrons. The molecule has 0 saturated carbocycles. The fourth-order valence-electron chi connectivity index (χ4n) is 3.34. The molecule has 1 aliphatic rings. The van der Waals surface area contributed by atoms with Crippen molar-refractivity contribution in [2.75, 3.05) is 13.2 Å². The number of aromatic amines is 1. The number of nitrogens with zero attached hydrogens (tertiary/aromatic N) is 1. The average molecular weight is 385 g/mol. The number of amides is 1. The largest absolute Gasteiger partial charge is 0.381 e. The highest BCUT2D eigenvalue weighted by atomic mass is 32.2.